The highest BCUT2D eigenvalue weighted by Crippen LogP contribution is 2.25. The lowest BCUT2D eigenvalue weighted by Gasteiger charge is -2.29. The SMILES string of the molecule is COC1CCC(Nc2nc(C)ccc2C(=O)N(C)OC)CC1. The van der Waals surface area contributed by atoms with Crippen LogP contribution in [-0.4, -0.2) is 49.4 Å². The van der Waals surface area contributed by atoms with Crippen molar-refractivity contribution in [2.45, 2.75) is 44.8 Å². The lowest BCUT2D eigenvalue weighted by atomic mass is 9.93. The van der Waals surface area contributed by atoms with Gasteiger partial charge >= 0.3 is 0 Å². The summed E-state index contributed by atoms with van der Waals surface area (Å²) < 4.78 is 5.40. The molecular weight excluding hydrogens is 282 g/mol. The molecule has 1 saturated carbocycles. The molecule has 0 unspecified atom stereocenters. The summed E-state index contributed by atoms with van der Waals surface area (Å²) in [5.41, 5.74) is 1.41. The van der Waals surface area contributed by atoms with Crippen LogP contribution < -0.4 is 5.32 Å². The van der Waals surface area contributed by atoms with Gasteiger partial charge in [-0.2, -0.15) is 0 Å². The molecule has 0 atom stereocenters. The minimum Gasteiger partial charge on any atom is -0.381 e. The number of anilines is 1. The zero-order chi connectivity index (χ0) is 16.1. The first-order valence-corrected chi connectivity index (χ1v) is 7.64. The monoisotopic (exact) mass is 307 g/mol. The van der Waals surface area contributed by atoms with Gasteiger partial charge in [0.25, 0.3) is 5.91 Å². The molecule has 0 saturated heterocycles. The maximum absolute atomic E-state index is 12.3. The quantitative estimate of drug-likeness (QED) is 0.846. The molecule has 1 amide bonds. The van der Waals surface area contributed by atoms with Crippen LogP contribution in [0.25, 0.3) is 0 Å². The molecule has 22 heavy (non-hydrogen) atoms. The van der Waals surface area contributed by atoms with Crippen molar-refractivity contribution < 1.29 is 14.4 Å². The number of hydrogen-bond acceptors (Lipinski definition) is 5. The molecule has 0 spiro atoms. The molecule has 6 heteroatoms. The fraction of sp³-hybridized carbons (Fsp3) is 0.625. The first kappa shape index (κ1) is 16.7. The molecule has 0 aromatic carbocycles. The Bertz CT molecular complexity index is 513. The van der Waals surface area contributed by atoms with Crippen LogP contribution >= 0.6 is 0 Å². The van der Waals surface area contributed by atoms with E-state index in [0.717, 1.165) is 31.4 Å². The normalized spacial score (nSPS) is 21.5. The molecule has 1 aliphatic carbocycles. The smallest absolute Gasteiger partial charge is 0.280 e. The van der Waals surface area contributed by atoms with Gasteiger partial charge in [0.1, 0.15) is 5.82 Å². The molecule has 0 aliphatic heterocycles. The zero-order valence-electron chi connectivity index (χ0n) is 13.8. The molecule has 1 aromatic heterocycles. The number of nitrogens with one attached hydrogen (secondary N) is 1. The van der Waals surface area contributed by atoms with Crippen molar-refractivity contribution in [3.05, 3.63) is 23.4 Å². The number of rotatable bonds is 5. The van der Waals surface area contributed by atoms with Crippen LogP contribution in [0, 0.1) is 6.92 Å². The third-order valence-electron chi connectivity index (χ3n) is 4.17. The van der Waals surface area contributed by atoms with Gasteiger partial charge < -0.3 is 10.1 Å². The van der Waals surface area contributed by atoms with Crippen molar-refractivity contribution in [1.29, 1.82) is 0 Å². The number of nitrogens with zero attached hydrogens (tertiary/aromatic N) is 2. The van der Waals surface area contributed by atoms with Gasteiger partial charge in [0.2, 0.25) is 0 Å². The number of aromatic nitrogens is 1. The Labute approximate surface area is 131 Å². The molecule has 0 radical (unpaired) electrons. The number of ether oxygens (including phenoxy) is 1. The number of carbonyl (C=O) groups excluding carboxylic acids is 1. The Morgan fingerprint density at radius 1 is 1.27 bits per heavy atom. The van der Waals surface area contributed by atoms with Crippen molar-refractivity contribution in [2.75, 3.05) is 26.6 Å². The number of methoxy groups -OCH3 is 1. The predicted octanol–water partition coefficient (Wildman–Crippen LogP) is 2.39. The molecule has 122 valence electrons. The van der Waals surface area contributed by atoms with Crippen LogP contribution in [0.2, 0.25) is 0 Å². The van der Waals surface area contributed by atoms with Gasteiger partial charge in [-0.15, -0.1) is 0 Å². The van der Waals surface area contributed by atoms with Crippen molar-refractivity contribution >= 4 is 11.7 Å². The largest absolute Gasteiger partial charge is 0.381 e. The van der Waals surface area contributed by atoms with Gasteiger partial charge in [-0.05, 0) is 44.7 Å². The average molecular weight is 307 g/mol. The second-order valence-electron chi connectivity index (χ2n) is 5.69. The Morgan fingerprint density at radius 3 is 2.55 bits per heavy atom. The summed E-state index contributed by atoms with van der Waals surface area (Å²) in [5.74, 6) is 0.429. The van der Waals surface area contributed by atoms with Gasteiger partial charge in [0, 0.05) is 25.9 Å². The lowest BCUT2D eigenvalue weighted by Crippen LogP contribution is -2.32. The number of hydroxylamine groups is 2. The topological polar surface area (TPSA) is 63.7 Å². The standard InChI is InChI=1S/C16H25N3O3/c1-11-5-10-14(16(20)19(2)22-4)15(17-11)18-12-6-8-13(21-3)9-7-12/h5,10,12-13H,6-9H2,1-4H3,(H,17,18). The second-order valence-corrected chi connectivity index (χ2v) is 5.69. The van der Waals surface area contributed by atoms with Gasteiger partial charge in [0.15, 0.2) is 0 Å². The van der Waals surface area contributed by atoms with Crippen molar-refractivity contribution in [1.82, 2.24) is 10.0 Å². The van der Waals surface area contributed by atoms with E-state index >= 15 is 0 Å². The summed E-state index contributed by atoms with van der Waals surface area (Å²) in [7, 11) is 4.83. The predicted molar refractivity (Wildman–Crippen MR) is 84.8 cm³/mol. The third-order valence-corrected chi connectivity index (χ3v) is 4.17. The van der Waals surface area contributed by atoms with Crippen LogP contribution in [0.3, 0.4) is 0 Å². The van der Waals surface area contributed by atoms with Crippen LogP contribution in [0.1, 0.15) is 41.7 Å². The molecular formula is C16H25N3O3. The number of hydrogen-bond donors (Lipinski definition) is 1. The van der Waals surface area contributed by atoms with Crippen molar-refractivity contribution in [3.63, 3.8) is 0 Å². The van der Waals surface area contributed by atoms with Crippen LogP contribution in [0.5, 0.6) is 0 Å². The van der Waals surface area contributed by atoms with Gasteiger partial charge in [0.05, 0.1) is 18.8 Å². The van der Waals surface area contributed by atoms with E-state index in [0.29, 0.717) is 23.5 Å². The number of amides is 1. The molecule has 1 aliphatic rings. The molecule has 1 N–H and O–H groups in total. The Morgan fingerprint density at radius 2 is 1.95 bits per heavy atom. The fourth-order valence-electron chi connectivity index (χ4n) is 2.73. The van der Waals surface area contributed by atoms with E-state index in [9.17, 15) is 4.79 Å². The molecule has 1 fully saturated rings. The summed E-state index contributed by atoms with van der Waals surface area (Å²) >= 11 is 0. The highest BCUT2D eigenvalue weighted by Gasteiger charge is 2.24. The Kier molecular flexibility index (Phi) is 5.74. The van der Waals surface area contributed by atoms with E-state index in [2.05, 4.69) is 10.3 Å². The van der Waals surface area contributed by atoms with E-state index in [1.165, 1.54) is 12.2 Å². The minimum atomic E-state index is -0.205. The number of pyridine rings is 1. The van der Waals surface area contributed by atoms with Crippen LogP contribution in [-0.2, 0) is 9.57 Å². The maximum Gasteiger partial charge on any atom is 0.280 e. The molecule has 1 aromatic rings. The summed E-state index contributed by atoms with van der Waals surface area (Å²) in [4.78, 5) is 21.8. The zero-order valence-corrected chi connectivity index (χ0v) is 13.8. The third kappa shape index (κ3) is 3.96. The van der Waals surface area contributed by atoms with E-state index in [-0.39, 0.29) is 5.91 Å². The number of aryl methyl sites for hydroxylation is 1. The van der Waals surface area contributed by atoms with Crippen LogP contribution in [0.4, 0.5) is 5.82 Å². The van der Waals surface area contributed by atoms with Crippen molar-refractivity contribution in [2.24, 2.45) is 0 Å². The molecule has 1 heterocycles. The summed E-state index contributed by atoms with van der Waals surface area (Å²) in [5, 5.41) is 4.63. The van der Waals surface area contributed by atoms with Gasteiger partial charge in [-0.1, -0.05) is 0 Å². The average Bonchev–Trinajstić information content (AvgIpc) is 2.54. The molecule has 6 nitrogen and oxygen atoms in total. The minimum absolute atomic E-state index is 0.205. The highest BCUT2D eigenvalue weighted by atomic mass is 16.7. The van der Waals surface area contributed by atoms with Gasteiger partial charge in [-0.3, -0.25) is 9.63 Å². The maximum atomic E-state index is 12.3. The Balaban J connectivity index is 2.12. The van der Waals surface area contributed by atoms with Gasteiger partial charge in [-0.25, -0.2) is 10.0 Å². The van der Waals surface area contributed by atoms with E-state index in [1.54, 1.807) is 20.2 Å². The second kappa shape index (κ2) is 7.56. The lowest BCUT2D eigenvalue weighted by molar-refractivity contribution is -0.0756. The Hall–Kier alpha value is -1.66. The number of carbonyl (C=O) groups is 1. The fourth-order valence-corrected chi connectivity index (χ4v) is 2.73. The first-order valence-electron chi connectivity index (χ1n) is 7.64. The van der Waals surface area contributed by atoms with E-state index in [4.69, 9.17) is 9.57 Å². The van der Waals surface area contributed by atoms with E-state index in [1.807, 2.05) is 13.0 Å². The van der Waals surface area contributed by atoms with Crippen LogP contribution in [0.15, 0.2) is 12.1 Å². The van der Waals surface area contributed by atoms with E-state index < -0.39 is 0 Å². The molecule has 0 bridgehead atoms. The van der Waals surface area contributed by atoms with Crippen molar-refractivity contribution in [3.8, 4) is 0 Å². The molecule has 2 rings (SSSR count). The highest BCUT2D eigenvalue weighted by molar-refractivity contribution is 5.98. The first-order chi connectivity index (χ1) is 10.5. The summed E-state index contributed by atoms with van der Waals surface area (Å²) in [6.07, 6.45) is 4.44. The summed E-state index contributed by atoms with van der Waals surface area (Å²) in [6, 6.07) is 3.95. The summed E-state index contributed by atoms with van der Waals surface area (Å²) in [6.45, 7) is 1.92.